The molecule has 106 valence electrons. The van der Waals surface area contributed by atoms with E-state index in [1.165, 1.54) is 6.07 Å². The quantitative estimate of drug-likeness (QED) is 0.723. The molecule has 0 spiro atoms. The molecule has 2 rings (SSSR count). The molecule has 0 saturated carbocycles. The van der Waals surface area contributed by atoms with Gasteiger partial charge < -0.3 is 5.32 Å². The lowest BCUT2D eigenvalue weighted by Crippen LogP contribution is -2.23. The fraction of sp³-hybridized carbons (Fsp3) is 0.250. The van der Waals surface area contributed by atoms with Crippen molar-refractivity contribution in [3.8, 4) is 0 Å². The van der Waals surface area contributed by atoms with Gasteiger partial charge in [0, 0.05) is 15.0 Å². The third kappa shape index (κ3) is 4.14. The van der Waals surface area contributed by atoms with Gasteiger partial charge in [-0.15, -0.1) is 0 Å². The van der Waals surface area contributed by atoms with Gasteiger partial charge in [-0.1, -0.05) is 50.9 Å². The molecule has 0 fully saturated rings. The van der Waals surface area contributed by atoms with Crippen molar-refractivity contribution < 1.29 is 4.39 Å². The Bertz CT molecular complexity index is 586. The van der Waals surface area contributed by atoms with E-state index in [0.29, 0.717) is 12.0 Å². The van der Waals surface area contributed by atoms with Crippen LogP contribution in [0.4, 0.5) is 4.39 Å². The Balaban J connectivity index is 2.27. The van der Waals surface area contributed by atoms with Crippen LogP contribution in [0.2, 0.25) is 0 Å². The summed E-state index contributed by atoms with van der Waals surface area (Å²) in [5.41, 5.74) is 1.87. The van der Waals surface area contributed by atoms with Crippen LogP contribution in [0.25, 0.3) is 0 Å². The first-order valence-electron chi connectivity index (χ1n) is 6.53. The summed E-state index contributed by atoms with van der Waals surface area (Å²) in [6.45, 7) is 2.90. The van der Waals surface area contributed by atoms with Gasteiger partial charge in [-0.2, -0.15) is 0 Å². The summed E-state index contributed by atoms with van der Waals surface area (Å²) in [7, 11) is 0. The fourth-order valence-electron chi connectivity index (χ4n) is 2.20. The number of nitrogens with one attached hydrogen (secondary N) is 1. The predicted octanol–water partition coefficient (Wildman–Crippen LogP) is 5.24. The van der Waals surface area contributed by atoms with E-state index in [2.05, 4.69) is 56.2 Å². The molecule has 2 aromatic carbocycles. The first kappa shape index (κ1) is 15.7. The highest BCUT2D eigenvalue weighted by Gasteiger charge is 2.14. The van der Waals surface area contributed by atoms with Crippen LogP contribution in [0, 0.1) is 5.82 Å². The normalized spacial score (nSPS) is 12.4. The molecular weight excluding hydrogens is 385 g/mol. The molecule has 1 unspecified atom stereocenters. The van der Waals surface area contributed by atoms with Gasteiger partial charge in [0.2, 0.25) is 0 Å². The first-order chi connectivity index (χ1) is 9.60. The zero-order valence-electron chi connectivity index (χ0n) is 11.2. The molecule has 2 aromatic rings. The van der Waals surface area contributed by atoms with E-state index in [1.807, 2.05) is 18.2 Å². The second kappa shape index (κ2) is 7.34. The minimum atomic E-state index is -0.161. The first-order valence-corrected chi connectivity index (χ1v) is 8.11. The molecule has 1 N–H and O–H groups in total. The lowest BCUT2D eigenvalue weighted by molar-refractivity contribution is 0.527. The zero-order chi connectivity index (χ0) is 14.5. The number of hydrogen-bond acceptors (Lipinski definition) is 1. The summed E-state index contributed by atoms with van der Waals surface area (Å²) in [6.07, 6.45) is 0.621. The van der Waals surface area contributed by atoms with Crippen molar-refractivity contribution in [2.45, 2.75) is 19.4 Å². The van der Waals surface area contributed by atoms with Crippen molar-refractivity contribution in [2.24, 2.45) is 0 Å². The minimum absolute atomic E-state index is 0.0984. The molecule has 0 aliphatic carbocycles. The Morgan fingerprint density at radius 2 is 1.85 bits per heavy atom. The molecule has 0 amide bonds. The Labute approximate surface area is 135 Å². The lowest BCUT2D eigenvalue weighted by atomic mass is 9.98. The van der Waals surface area contributed by atoms with E-state index in [-0.39, 0.29) is 11.9 Å². The van der Waals surface area contributed by atoms with Gasteiger partial charge in [0.1, 0.15) is 5.82 Å². The molecule has 0 aliphatic heterocycles. The van der Waals surface area contributed by atoms with Gasteiger partial charge in [0.05, 0.1) is 0 Å². The summed E-state index contributed by atoms with van der Waals surface area (Å²) in [5, 5.41) is 3.42. The van der Waals surface area contributed by atoms with Crippen LogP contribution in [0.3, 0.4) is 0 Å². The van der Waals surface area contributed by atoms with Crippen LogP contribution in [0.15, 0.2) is 51.4 Å². The average Bonchev–Trinajstić information content (AvgIpc) is 2.42. The Hall–Kier alpha value is -0.710. The molecule has 0 bridgehead atoms. The summed E-state index contributed by atoms with van der Waals surface area (Å²) < 4.78 is 15.8. The largest absolute Gasteiger partial charge is 0.310 e. The maximum atomic E-state index is 13.9. The summed E-state index contributed by atoms with van der Waals surface area (Å²) in [4.78, 5) is 0. The lowest BCUT2D eigenvalue weighted by Gasteiger charge is -2.19. The topological polar surface area (TPSA) is 12.0 Å². The van der Waals surface area contributed by atoms with E-state index in [9.17, 15) is 4.39 Å². The second-order valence-electron chi connectivity index (χ2n) is 4.61. The minimum Gasteiger partial charge on any atom is -0.310 e. The Kier molecular flexibility index (Phi) is 5.75. The summed E-state index contributed by atoms with van der Waals surface area (Å²) >= 11 is 6.88. The van der Waals surface area contributed by atoms with Crippen LogP contribution in [-0.2, 0) is 6.42 Å². The van der Waals surface area contributed by atoms with Gasteiger partial charge in [-0.3, -0.25) is 0 Å². The highest BCUT2D eigenvalue weighted by atomic mass is 79.9. The molecule has 1 atom stereocenters. The number of hydrogen-bond donors (Lipinski definition) is 1. The highest BCUT2D eigenvalue weighted by molar-refractivity contribution is 9.10. The van der Waals surface area contributed by atoms with Crippen molar-refractivity contribution in [3.63, 3.8) is 0 Å². The Morgan fingerprint density at radius 1 is 1.10 bits per heavy atom. The van der Waals surface area contributed by atoms with E-state index >= 15 is 0 Å². The monoisotopic (exact) mass is 399 g/mol. The molecule has 4 heteroatoms. The maximum absolute atomic E-state index is 13.9. The molecule has 0 aromatic heterocycles. The van der Waals surface area contributed by atoms with E-state index in [0.717, 1.165) is 21.1 Å². The maximum Gasteiger partial charge on any atom is 0.126 e. The van der Waals surface area contributed by atoms with Crippen molar-refractivity contribution in [1.82, 2.24) is 5.32 Å². The van der Waals surface area contributed by atoms with Gasteiger partial charge in [0.15, 0.2) is 0 Å². The zero-order valence-corrected chi connectivity index (χ0v) is 14.3. The van der Waals surface area contributed by atoms with Crippen molar-refractivity contribution >= 4 is 31.9 Å². The molecule has 0 radical (unpaired) electrons. The van der Waals surface area contributed by atoms with Crippen LogP contribution >= 0.6 is 31.9 Å². The van der Waals surface area contributed by atoms with Gasteiger partial charge in [-0.25, -0.2) is 4.39 Å². The van der Waals surface area contributed by atoms with Crippen molar-refractivity contribution in [1.29, 1.82) is 0 Å². The molecule has 0 saturated heterocycles. The summed E-state index contributed by atoms with van der Waals surface area (Å²) in [5.74, 6) is -0.161. The smallest absolute Gasteiger partial charge is 0.126 e. The van der Waals surface area contributed by atoms with Crippen LogP contribution < -0.4 is 5.32 Å². The van der Waals surface area contributed by atoms with Gasteiger partial charge >= 0.3 is 0 Å². The molecular formula is C16H16Br2FN. The highest BCUT2D eigenvalue weighted by Crippen LogP contribution is 2.24. The second-order valence-corrected chi connectivity index (χ2v) is 6.44. The van der Waals surface area contributed by atoms with Crippen LogP contribution in [0.1, 0.15) is 24.1 Å². The van der Waals surface area contributed by atoms with E-state index < -0.39 is 0 Å². The number of likely N-dealkylation sites (N-methyl/N-ethyl adjacent to an activating group) is 1. The number of rotatable bonds is 5. The van der Waals surface area contributed by atoms with E-state index in [4.69, 9.17) is 0 Å². The van der Waals surface area contributed by atoms with Crippen LogP contribution in [0.5, 0.6) is 0 Å². The average molecular weight is 401 g/mol. The van der Waals surface area contributed by atoms with Crippen molar-refractivity contribution in [3.05, 3.63) is 68.4 Å². The molecule has 1 nitrogen and oxygen atoms in total. The number of benzene rings is 2. The van der Waals surface area contributed by atoms with Gasteiger partial charge in [-0.05, 0) is 54.4 Å². The predicted molar refractivity (Wildman–Crippen MR) is 88.4 cm³/mol. The third-order valence-corrected chi connectivity index (χ3v) is 4.12. The fourth-order valence-corrected chi connectivity index (χ4v) is 3.02. The van der Waals surface area contributed by atoms with Gasteiger partial charge in [0.25, 0.3) is 0 Å². The van der Waals surface area contributed by atoms with E-state index in [1.54, 1.807) is 6.07 Å². The van der Waals surface area contributed by atoms with Crippen LogP contribution in [-0.4, -0.2) is 6.54 Å². The van der Waals surface area contributed by atoms with Crippen molar-refractivity contribution in [2.75, 3.05) is 6.54 Å². The summed E-state index contributed by atoms with van der Waals surface area (Å²) in [6, 6.07) is 13.3. The molecule has 0 heterocycles. The SMILES string of the molecule is CCNC(Cc1cc(Br)ccc1F)c1cccc(Br)c1. The number of halogens is 3. The standard InChI is InChI=1S/C16H16Br2FN/c1-2-20-16(11-4-3-5-13(17)8-11)10-12-9-14(18)6-7-15(12)19/h3-9,16,20H,2,10H2,1H3. The molecule has 0 aliphatic rings. The third-order valence-electron chi connectivity index (χ3n) is 3.13. The Morgan fingerprint density at radius 3 is 2.55 bits per heavy atom. The molecule has 20 heavy (non-hydrogen) atoms.